The van der Waals surface area contributed by atoms with Crippen LogP contribution in [0.3, 0.4) is 0 Å². The van der Waals surface area contributed by atoms with Gasteiger partial charge in [0.1, 0.15) is 17.1 Å². The quantitative estimate of drug-likeness (QED) is 0.408. The standard InChI is InChI=1S/C27H37NO3/c1-4-6-16-27(29,17-7-5-2)26-15-14-25(31-26)21-28(20-24-9-8-18-30-24)19-23-12-10-22(3)11-13-23/h4-5,10-15,24,29H,1-2,6-9,16-21H2,3H3/t24-/m1/s1. The second-order valence-corrected chi connectivity index (χ2v) is 8.74. The zero-order valence-electron chi connectivity index (χ0n) is 18.9. The molecule has 0 spiro atoms. The lowest BCUT2D eigenvalue weighted by Gasteiger charge is -2.26. The summed E-state index contributed by atoms with van der Waals surface area (Å²) < 4.78 is 12.1. The van der Waals surface area contributed by atoms with Crippen LogP contribution in [-0.4, -0.2) is 29.3 Å². The van der Waals surface area contributed by atoms with Crippen molar-refractivity contribution in [2.45, 2.75) is 70.2 Å². The Morgan fingerprint density at radius 3 is 2.39 bits per heavy atom. The number of rotatable bonds is 13. The van der Waals surface area contributed by atoms with Crippen molar-refractivity contribution in [3.63, 3.8) is 0 Å². The van der Waals surface area contributed by atoms with Crippen LogP contribution in [0, 0.1) is 6.92 Å². The Hall–Kier alpha value is -2.14. The molecule has 4 heteroatoms. The number of furan rings is 1. The van der Waals surface area contributed by atoms with Crippen LogP contribution in [0.25, 0.3) is 0 Å². The Bertz CT molecular complexity index is 805. The normalized spacial score (nSPS) is 16.7. The number of aryl methyl sites for hydroxylation is 1. The number of benzene rings is 1. The molecule has 2 heterocycles. The zero-order chi connectivity index (χ0) is 22.1. The molecule has 1 N–H and O–H groups in total. The average Bonchev–Trinajstić information content (AvgIpc) is 3.45. The molecule has 1 fully saturated rings. The number of nitrogens with zero attached hydrogens (tertiary/aromatic N) is 1. The summed E-state index contributed by atoms with van der Waals surface area (Å²) in [7, 11) is 0. The molecule has 1 atom stereocenters. The first-order valence-electron chi connectivity index (χ1n) is 11.5. The van der Waals surface area contributed by atoms with Gasteiger partial charge in [-0.25, -0.2) is 0 Å². The van der Waals surface area contributed by atoms with Crippen molar-refractivity contribution < 1.29 is 14.3 Å². The molecule has 0 bridgehead atoms. The van der Waals surface area contributed by atoms with Gasteiger partial charge in [-0.1, -0.05) is 42.0 Å². The minimum Gasteiger partial charge on any atom is -0.462 e. The summed E-state index contributed by atoms with van der Waals surface area (Å²) in [5.41, 5.74) is 1.56. The molecule has 1 saturated heterocycles. The number of hydrogen-bond donors (Lipinski definition) is 1. The van der Waals surface area contributed by atoms with Crippen LogP contribution in [0.4, 0.5) is 0 Å². The largest absolute Gasteiger partial charge is 0.462 e. The van der Waals surface area contributed by atoms with Crippen molar-refractivity contribution in [1.29, 1.82) is 0 Å². The van der Waals surface area contributed by atoms with Gasteiger partial charge in [0.25, 0.3) is 0 Å². The molecule has 1 aliphatic rings. The molecule has 1 aliphatic heterocycles. The molecule has 168 valence electrons. The molecule has 0 aliphatic carbocycles. The van der Waals surface area contributed by atoms with Crippen molar-refractivity contribution >= 4 is 0 Å². The van der Waals surface area contributed by atoms with Crippen LogP contribution in [0.2, 0.25) is 0 Å². The highest BCUT2D eigenvalue weighted by molar-refractivity contribution is 5.21. The zero-order valence-corrected chi connectivity index (χ0v) is 18.9. The van der Waals surface area contributed by atoms with E-state index in [-0.39, 0.29) is 6.10 Å². The fourth-order valence-electron chi connectivity index (χ4n) is 4.20. The molecular weight excluding hydrogens is 386 g/mol. The van der Waals surface area contributed by atoms with E-state index >= 15 is 0 Å². The molecule has 1 aromatic heterocycles. The van der Waals surface area contributed by atoms with Gasteiger partial charge in [0, 0.05) is 19.7 Å². The lowest BCUT2D eigenvalue weighted by atomic mass is 9.89. The van der Waals surface area contributed by atoms with Gasteiger partial charge in [0.05, 0.1) is 12.6 Å². The predicted molar refractivity (Wildman–Crippen MR) is 126 cm³/mol. The van der Waals surface area contributed by atoms with E-state index in [0.717, 1.165) is 51.1 Å². The summed E-state index contributed by atoms with van der Waals surface area (Å²) in [5.74, 6) is 1.51. The first kappa shape index (κ1) is 23.5. The van der Waals surface area contributed by atoms with E-state index in [1.165, 1.54) is 11.1 Å². The first-order chi connectivity index (χ1) is 15.0. The van der Waals surface area contributed by atoms with E-state index in [1.807, 2.05) is 24.3 Å². The topological polar surface area (TPSA) is 45.8 Å². The Morgan fingerprint density at radius 1 is 1.06 bits per heavy atom. The predicted octanol–water partition coefficient (Wildman–Crippen LogP) is 5.89. The first-order valence-corrected chi connectivity index (χ1v) is 11.5. The summed E-state index contributed by atoms with van der Waals surface area (Å²) in [6.07, 6.45) is 8.87. The van der Waals surface area contributed by atoms with E-state index in [0.29, 0.717) is 25.1 Å². The summed E-state index contributed by atoms with van der Waals surface area (Å²) in [5, 5.41) is 11.3. The fourth-order valence-corrected chi connectivity index (χ4v) is 4.20. The second-order valence-electron chi connectivity index (χ2n) is 8.74. The molecular formula is C27H37NO3. The van der Waals surface area contributed by atoms with Crippen LogP contribution in [0.15, 0.2) is 66.1 Å². The smallest absolute Gasteiger partial charge is 0.135 e. The summed E-state index contributed by atoms with van der Waals surface area (Å²) >= 11 is 0. The lowest BCUT2D eigenvalue weighted by molar-refractivity contribution is -0.00261. The summed E-state index contributed by atoms with van der Waals surface area (Å²) in [6.45, 7) is 13.0. The maximum Gasteiger partial charge on any atom is 0.135 e. The number of hydrogen-bond acceptors (Lipinski definition) is 4. The van der Waals surface area contributed by atoms with Gasteiger partial charge in [-0.15, -0.1) is 13.2 Å². The van der Waals surface area contributed by atoms with E-state index in [1.54, 1.807) is 0 Å². The van der Waals surface area contributed by atoms with Crippen LogP contribution in [0.5, 0.6) is 0 Å². The molecule has 0 amide bonds. The van der Waals surface area contributed by atoms with Gasteiger partial charge in [-0.3, -0.25) is 4.90 Å². The third kappa shape index (κ3) is 6.93. The van der Waals surface area contributed by atoms with Crippen molar-refractivity contribution in [3.8, 4) is 0 Å². The Morgan fingerprint density at radius 2 is 1.77 bits per heavy atom. The molecule has 3 rings (SSSR count). The SMILES string of the molecule is C=CCCC(O)(CCC=C)c1ccc(CN(Cc2ccc(C)cc2)C[C@H]2CCCO2)o1. The number of aliphatic hydroxyl groups is 1. The molecule has 0 unspecified atom stereocenters. The van der Waals surface area contributed by atoms with Gasteiger partial charge in [-0.05, 0) is 63.1 Å². The van der Waals surface area contributed by atoms with Gasteiger partial charge < -0.3 is 14.3 Å². The van der Waals surface area contributed by atoms with Crippen LogP contribution < -0.4 is 0 Å². The molecule has 4 nitrogen and oxygen atoms in total. The molecule has 2 aromatic rings. The van der Waals surface area contributed by atoms with E-state index < -0.39 is 5.60 Å². The Balaban J connectivity index is 1.73. The molecule has 0 saturated carbocycles. The van der Waals surface area contributed by atoms with Crippen molar-refractivity contribution in [1.82, 2.24) is 4.90 Å². The van der Waals surface area contributed by atoms with E-state index in [4.69, 9.17) is 9.15 Å². The maximum absolute atomic E-state index is 11.3. The molecule has 1 aromatic carbocycles. The highest BCUT2D eigenvalue weighted by Crippen LogP contribution is 2.33. The number of allylic oxidation sites excluding steroid dienone is 2. The summed E-state index contributed by atoms with van der Waals surface area (Å²) in [6, 6.07) is 12.6. The Kier molecular flexibility index (Phi) is 8.70. The fraction of sp³-hybridized carbons (Fsp3) is 0.481. The highest BCUT2D eigenvalue weighted by atomic mass is 16.5. The monoisotopic (exact) mass is 423 g/mol. The maximum atomic E-state index is 11.3. The van der Waals surface area contributed by atoms with Gasteiger partial charge in [0.2, 0.25) is 0 Å². The Labute approximate surface area is 187 Å². The highest BCUT2D eigenvalue weighted by Gasteiger charge is 2.31. The van der Waals surface area contributed by atoms with Crippen LogP contribution in [0.1, 0.15) is 61.2 Å². The minimum absolute atomic E-state index is 0.275. The lowest BCUT2D eigenvalue weighted by Crippen LogP contribution is -2.31. The van der Waals surface area contributed by atoms with Gasteiger partial charge >= 0.3 is 0 Å². The summed E-state index contributed by atoms with van der Waals surface area (Å²) in [4.78, 5) is 2.38. The third-order valence-corrected chi connectivity index (χ3v) is 6.04. The van der Waals surface area contributed by atoms with Gasteiger partial charge in [0.15, 0.2) is 0 Å². The minimum atomic E-state index is -0.989. The van der Waals surface area contributed by atoms with E-state index in [2.05, 4.69) is 49.2 Å². The van der Waals surface area contributed by atoms with Crippen molar-refractivity contribution in [3.05, 3.63) is 84.4 Å². The van der Waals surface area contributed by atoms with Crippen LogP contribution >= 0.6 is 0 Å². The molecule has 31 heavy (non-hydrogen) atoms. The van der Waals surface area contributed by atoms with Crippen LogP contribution in [-0.2, 0) is 23.4 Å². The van der Waals surface area contributed by atoms with E-state index in [9.17, 15) is 5.11 Å². The number of ether oxygens (including phenoxy) is 1. The van der Waals surface area contributed by atoms with Crippen molar-refractivity contribution in [2.24, 2.45) is 0 Å². The molecule has 0 radical (unpaired) electrons. The third-order valence-electron chi connectivity index (χ3n) is 6.04. The van der Waals surface area contributed by atoms with Gasteiger partial charge in [-0.2, -0.15) is 0 Å². The second kappa shape index (κ2) is 11.5. The average molecular weight is 424 g/mol. The van der Waals surface area contributed by atoms with Crippen molar-refractivity contribution in [2.75, 3.05) is 13.2 Å².